The Morgan fingerprint density at radius 3 is 2.32 bits per heavy atom. The summed E-state index contributed by atoms with van der Waals surface area (Å²) in [5, 5.41) is 6.04. The van der Waals surface area contributed by atoms with Crippen molar-refractivity contribution < 1.29 is 4.79 Å². The van der Waals surface area contributed by atoms with Gasteiger partial charge in [0.25, 0.3) is 5.91 Å². The average molecular weight is 254 g/mol. The summed E-state index contributed by atoms with van der Waals surface area (Å²) in [4.78, 5) is 12.3. The van der Waals surface area contributed by atoms with Crippen molar-refractivity contribution in [2.24, 2.45) is 0 Å². The smallest absolute Gasteiger partial charge is 0.253 e. The molecule has 19 heavy (non-hydrogen) atoms. The Labute approximate surface area is 113 Å². The number of carbonyl (C=O) groups excluding carboxylic acids is 1. The molecule has 0 aliphatic carbocycles. The fourth-order valence-electron chi connectivity index (χ4n) is 2.00. The van der Waals surface area contributed by atoms with E-state index in [0.29, 0.717) is 5.56 Å². The Morgan fingerprint density at radius 2 is 1.63 bits per heavy atom. The zero-order valence-electron chi connectivity index (χ0n) is 11.2. The zero-order chi connectivity index (χ0) is 13.7. The lowest BCUT2D eigenvalue weighted by atomic mass is 10.1. The van der Waals surface area contributed by atoms with Gasteiger partial charge in [-0.3, -0.25) is 4.79 Å². The summed E-state index contributed by atoms with van der Waals surface area (Å²) in [6.07, 6.45) is 0. The van der Waals surface area contributed by atoms with Gasteiger partial charge in [-0.25, -0.2) is 0 Å². The van der Waals surface area contributed by atoms with E-state index in [-0.39, 0.29) is 11.9 Å². The van der Waals surface area contributed by atoms with Crippen LogP contribution < -0.4 is 10.6 Å². The summed E-state index contributed by atoms with van der Waals surface area (Å²) in [6.45, 7) is 1.98. The van der Waals surface area contributed by atoms with Crippen LogP contribution >= 0.6 is 0 Å². The molecule has 3 nitrogen and oxygen atoms in total. The first kappa shape index (κ1) is 13.1. The van der Waals surface area contributed by atoms with Crippen LogP contribution in [0.5, 0.6) is 0 Å². The number of rotatable bonds is 4. The van der Waals surface area contributed by atoms with Crippen molar-refractivity contribution in [1.82, 2.24) is 5.32 Å². The molecule has 0 fully saturated rings. The van der Waals surface area contributed by atoms with Gasteiger partial charge < -0.3 is 10.6 Å². The minimum atomic E-state index is -0.0682. The third-order valence-electron chi connectivity index (χ3n) is 3.09. The van der Waals surface area contributed by atoms with E-state index >= 15 is 0 Å². The van der Waals surface area contributed by atoms with Crippen molar-refractivity contribution in [2.45, 2.75) is 13.0 Å². The molecule has 0 saturated carbocycles. The molecule has 0 aliphatic rings. The fraction of sp³-hybridized carbons (Fsp3) is 0.188. The summed E-state index contributed by atoms with van der Waals surface area (Å²) in [7, 11) is 1.81. The molecule has 2 aromatic rings. The van der Waals surface area contributed by atoms with Gasteiger partial charge in [-0.2, -0.15) is 0 Å². The molecule has 1 amide bonds. The number of para-hydroxylation sites is 1. The van der Waals surface area contributed by atoms with Gasteiger partial charge in [0.15, 0.2) is 0 Å². The van der Waals surface area contributed by atoms with Crippen molar-refractivity contribution >= 4 is 11.6 Å². The molecule has 0 aromatic heterocycles. The van der Waals surface area contributed by atoms with Crippen LogP contribution in [0.3, 0.4) is 0 Å². The third-order valence-corrected chi connectivity index (χ3v) is 3.09. The third kappa shape index (κ3) is 3.13. The van der Waals surface area contributed by atoms with Gasteiger partial charge in [0.1, 0.15) is 0 Å². The summed E-state index contributed by atoms with van der Waals surface area (Å²) in [6, 6.07) is 17.4. The molecule has 0 spiro atoms. The van der Waals surface area contributed by atoms with E-state index < -0.39 is 0 Å². The second-order valence-corrected chi connectivity index (χ2v) is 4.40. The highest BCUT2D eigenvalue weighted by Gasteiger charge is 2.13. The van der Waals surface area contributed by atoms with Crippen LogP contribution in [0.1, 0.15) is 28.9 Å². The van der Waals surface area contributed by atoms with E-state index in [0.717, 1.165) is 11.3 Å². The molecule has 98 valence electrons. The Kier molecular flexibility index (Phi) is 4.18. The summed E-state index contributed by atoms with van der Waals surface area (Å²) < 4.78 is 0. The van der Waals surface area contributed by atoms with E-state index in [1.54, 1.807) is 0 Å². The molecule has 0 unspecified atom stereocenters. The standard InChI is InChI=1S/C16H18N2O/c1-12(13-8-4-3-5-9-13)18-16(19)14-10-6-7-11-15(14)17-2/h3-12,17H,1-2H3,(H,18,19)/t12-/m0/s1. The normalized spacial score (nSPS) is 11.7. The Hall–Kier alpha value is -2.29. The van der Waals surface area contributed by atoms with Crippen molar-refractivity contribution in [3.05, 3.63) is 65.7 Å². The molecule has 2 aromatic carbocycles. The van der Waals surface area contributed by atoms with Crippen LogP contribution in [0.25, 0.3) is 0 Å². The molecule has 2 rings (SSSR count). The summed E-state index contributed by atoms with van der Waals surface area (Å²) in [5.41, 5.74) is 2.59. The van der Waals surface area contributed by atoms with Crippen LogP contribution in [-0.2, 0) is 0 Å². The van der Waals surface area contributed by atoms with Crippen molar-refractivity contribution in [3.8, 4) is 0 Å². The van der Waals surface area contributed by atoms with E-state index in [1.807, 2.05) is 68.6 Å². The maximum absolute atomic E-state index is 12.3. The number of nitrogens with one attached hydrogen (secondary N) is 2. The number of benzene rings is 2. The molecular formula is C16H18N2O. The minimum absolute atomic E-state index is 0.0152. The number of carbonyl (C=O) groups is 1. The topological polar surface area (TPSA) is 41.1 Å². The van der Waals surface area contributed by atoms with Crippen LogP contribution in [0.2, 0.25) is 0 Å². The SMILES string of the molecule is CNc1ccccc1C(=O)N[C@@H](C)c1ccccc1. The zero-order valence-corrected chi connectivity index (χ0v) is 11.2. The second kappa shape index (κ2) is 6.05. The van der Waals surface area contributed by atoms with E-state index in [9.17, 15) is 4.79 Å². The number of anilines is 1. The van der Waals surface area contributed by atoms with Crippen LogP contribution in [0.4, 0.5) is 5.69 Å². The molecule has 0 radical (unpaired) electrons. The molecule has 0 heterocycles. The van der Waals surface area contributed by atoms with E-state index in [4.69, 9.17) is 0 Å². The lowest BCUT2D eigenvalue weighted by Crippen LogP contribution is -2.27. The highest BCUT2D eigenvalue weighted by atomic mass is 16.1. The molecule has 2 N–H and O–H groups in total. The second-order valence-electron chi connectivity index (χ2n) is 4.40. The number of hydrogen-bond acceptors (Lipinski definition) is 2. The van der Waals surface area contributed by atoms with Gasteiger partial charge in [-0.1, -0.05) is 42.5 Å². The number of hydrogen-bond donors (Lipinski definition) is 2. The van der Waals surface area contributed by atoms with Crippen LogP contribution in [0, 0.1) is 0 Å². The molecule has 0 aliphatic heterocycles. The fourth-order valence-corrected chi connectivity index (χ4v) is 2.00. The maximum atomic E-state index is 12.3. The van der Waals surface area contributed by atoms with Crippen molar-refractivity contribution in [3.63, 3.8) is 0 Å². The first-order valence-corrected chi connectivity index (χ1v) is 6.35. The monoisotopic (exact) mass is 254 g/mol. The predicted octanol–water partition coefficient (Wildman–Crippen LogP) is 3.22. The van der Waals surface area contributed by atoms with Gasteiger partial charge in [-0.15, -0.1) is 0 Å². The lowest BCUT2D eigenvalue weighted by Gasteiger charge is -2.15. The van der Waals surface area contributed by atoms with Gasteiger partial charge in [0, 0.05) is 12.7 Å². The van der Waals surface area contributed by atoms with Crippen molar-refractivity contribution in [2.75, 3.05) is 12.4 Å². The maximum Gasteiger partial charge on any atom is 0.253 e. The van der Waals surface area contributed by atoms with E-state index in [2.05, 4.69) is 10.6 Å². The molecule has 0 bridgehead atoms. The summed E-state index contributed by atoms with van der Waals surface area (Å²) >= 11 is 0. The highest BCUT2D eigenvalue weighted by Crippen LogP contribution is 2.17. The van der Waals surface area contributed by atoms with Gasteiger partial charge in [-0.05, 0) is 24.6 Å². The Balaban J connectivity index is 2.13. The van der Waals surface area contributed by atoms with Gasteiger partial charge in [0.05, 0.1) is 11.6 Å². The van der Waals surface area contributed by atoms with Gasteiger partial charge >= 0.3 is 0 Å². The average Bonchev–Trinajstić information content (AvgIpc) is 2.48. The van der Waals surface area contributed by atoms with E-state index in [1.165, 1.54) is 0 Å². The Bertz CT molecular complexity index is 552. The number of amides is 1. The molecular weight excluding hydrogens is 236 g/mol. The van der Waals surface area contributed by atoms with Crippen molar-refractivity contribution in [1.29, 1.82) is 0 Å². The quantitative estimate of drug-likeness (QED) is 0.879. The van der Waals surface area contributed by atoms with Crippen LogP contribution in [-0.4, -0.2) is 13.0 Å². The lowest BCUT2D eigenvalue weighted by molar-refractivity contribution is 0.0940. The first-order chi connectivity index (χ1) is 9.22. The molecule has 3 heteroatoms. The first-order valence-electron chi connectivity index (χ1n) is 6.35. The highest BCUT2D eigenvalue weighted by molar-refractivity contribution is 5.99. The molecule has 0 saturated heterocycles. The minimum Gasteiger partial charge on any atom is -0.387 e. The Morgan fingerprint density at radius 1 is 1.00 bits per heavy atom. The predicted molar refractivity (Wildman–Crippen MR) is 78.3 cm³/mol. The van der Waals surface area contributed by atoms with Crippen LogP contribution in [0.15, 0.2) is 54.6 Å². The van der Waals surface area contributed by atoms with Gasteiger partial charge in [0.2, 0.25) is 0 Å². The largest absolute Gasteiger partial charge is 0.387 e. The summed E-state index contributed by atoms with van der Waals surface area (Å²) in [5.74, 6) is -0.0682. The molecule has 1 atom stereocenters.